The van der Waals surface area contributed by atoms with Crippen LogP contribution in [-0.4, -0.2) is 36.0 Å². The van der Waals surface area contributed by atoms with Crippen LogP contribution in [0.2, 0.25) is 0 Å². The summed E-state index contributed by atoms with van der Waals surface area (Å²) in [5.74, 6) is -0.570. The second-order valence-corrected chi connectivity index (χ2v) is 6.58. The summed E-state index contributed by atoms with van der Waals surface area (Å²) in [7, 11) is 0. The zero-order valence-electron chi connectivity index (χ0n) is 15.4. The first-order valence-electron chi connectivity index (χ1n) is 9.15. The number of amides is 2. The molecule has 0 saturated carbocycles. The summed E-state index contributed by atoms with van der Waals surface area (Å²) in [5, 5.41) is 11.5. The molecule has 3 rings (SSSR count). The highest BCUT2D eigenvalue weighted by molar-refractivity contribution is 5.95. The molecule has 1 aliphatic rings. The highest BCUT2D eigenvalue weighted by atomic mass is 16.5. The fraction of sp³-hybridized carbons (Fsp3) is 0.286. The normalized spacial score (nSPS) is 13.4. The van der Waals surface area contributed by atoms with Crippen molar-refractivity contribution >= 4 is 29.2 Å². The van der Waals surface area contributed by atoms with Gasteiger partial charge in [0.15, 0.2) is 6.61 Å². The van der Waals surface area contributed by atoms with Crippen molar-refractivity contribution in [2.24, 2.45) is 0 Å². The molecular weight excluding hydrogens is 360 g/mol. The van der Waals surface area contributed by atoms with Crippen LogP contribution in [0.25, 0.3) is 0 Å². The molecule has 7 heteroatoms. The Labute approximate surface area is 162 Å². The fourth-order valence-electron chi connectivity index (χ4n) is 3.06. The van der Waals surface area contributed by atoms with Crippen LogP contribution in [0.5, 0.6) is 5.75 Å². The number of benzene rings is 2. The van der Waals surface area contributed by atoms with E-state index >= 15 is 0 Å². The molecule has 2 N–H and O–H groups in total. The zero-order valence-corrected chi connectivity index (χ0v) is 15.4. The third-order valence-corrected chi connectivity index (χ3v) is 4.41. The van der Waals surface area contributed by atoms with E-state index < -0.39 is 5.97 Å². The molecule has 0 unspecified atom stereocenters. The number of hydrogen-bond acceptors (Lipinski definition) is 4. The van der Waals surface area contributed by atoms with Gasteiger partial charge in [0.2, 0.25) is 5.91 Å². The minimum absolute atomic E-state index is 0.0381. The summed E-state index contributed by atoms with van der Waals surface area (Å²) in [6.07, 6.45) is 1.84. The third-order valence-electron chi connectivity index (χ3n) is 4.41. The quantitative estimate of drug-likeness (QED) is 0.732. The number of carboxylic acid groups (broad SMARTS) is 1. The van der Waals surface area contributed by atoms with E-state index in [0.29, 0.717) is 30.8 Å². The van der Waals surface area contributed by atoms with E-state index in [0.717, 1.165) is 17.7 Å². The van der Waals surface area contributed by atoms with Crippen LogP contribution < -0.4 is 15.0 Å². The summed E-state index contributed by atoms with van der Waals surface area (Å²) in [6.45, 7) is 0.526. The van der Waals surface area contributed by atoms with Crippen molar-refractivity contribution in [3.63, 3.8) is 0 Å². The summed E-state index contributed by atoms with van der Waals surface area (Å²) >= 11 is 0. The summed E-state index contributed by atoms with van der Waals surface area (Å²) < 4.78 is 5.56. The van der Waals surface area contributed by atoms with Gasteiger partial charge in [0, 0.05) is 36.8 Å². The molecule has 0 radical (unpaired) electrons. The number of nitrogens with one attached hydrogen (secondary N) is 1. The number of rotatable bonds is 8. The number of hydrogen-bond donors (Lipinski definition) is 2. The minimum Gasteiger partial charge on any atom is -0.484 e. The first-order chi connectivity index (χ1) is 13.5. The maximum absolute atomic E-state index is 12.2. The van der Waals surface area contributed by atoms with Gasteiger partial charge in [0.25, 0.3) is 5.91 Å². The van der Waals surface area contributed by atoms with E-state index in [1.54, 1.807) is 41.3 Å². The van der Waals surface area contributed by atoms with Crippen molar-refractivity contribution < 1.29 is 24.2 Å². The molecule has 2 aromatic rings. The second kappa shape index (κ2) is 9.03. The van der Waals surface area contributed by atoms with Gasteiger partial charge in [0.1, 0.15) is 5.75 Å². The summed E-state index contributed by atoms with van der Waals surface area (Å²) in [4.78, 5) is 36.4. The van der Waals surface area contributed by atoms with Crippen molar-refractivity contribution in [2.45, 2.75) is 25.7 Å². The predicted octanol–water partition coefficient (Wildman–Crippen LogP) is 2.85. The highest BCUT2D eigenvalue weighted by Crippen LogP contribution is 2.25. The number of anilines is 2. The number of carbonyl (C=O) groups is 3. The molecule has 7 nitrogen and oxygen atoms in total. The lowest BCUT2D eigenvalue weighted by atomic mass is 10.1. The maximum atomic E-state index is 12.2. The fourth-order valence-corrected chi connectivity index (χ4v) is 3.06. The average Bonchev–Trinajstić information content (AvgIpc) is 3.11. The van der Waals surface area contributed by atoms with E-state index in [1.807, 2.05) is 12.1 Å². The van der Waals surface area contributed by atoms with Crippen molar-refractivity contribution in [1.82, 2.24) is 0 Å². The van der Waals surface area contributed by atoms with Crippen molar-refractivity contribution in [3.8, 4) is 5.75 Å². The number of nitrogens with zero attached hydrogens (tertiary/aromatic N) is 1. The SMILES string of the molecule is O=C(O)CCc1cccc(NC(=O)COc2cccc(N3CCCC3=O)c2)c1. The lowest BCUT2D eigenvalue weighted by Crippen LogP contribution is -2.24. The van der Waals surface area contributed by atoms with Gasteiger partial charge in [-0.2, -0.15) is 0 Å². The van der Waals surface area contributed by atoms with Gasteiger partial charge in [-0.3, -0.25) is 14.4 Å². The summed E-state index contributed by atoms with van der Waals surface area (Å²) in [5.41, 5.74) is 2.20. The maximum Gasteiger partial charge on any atom is 0.303 e. The van der Waals surface area contributed by atoms with Gasteiger partial charge in [-0.1, -0.05) is 18.2 Å². The second-order valence-electron chi connectivity index (χ2n) is 6.58. The Hall–Kier alpha value is -3.35. The number of aryl methyl sites for hydroxylation is 1. The van der Waals surface area contributed by atoms with Crippen LogP contribution in [0.4, 0.5) is 11.4 Å². The lowest BCUT2D eigenvalue weighted by molar-refractivity contribution is -0.137. The molecule has 1 aliphatic heterocycles. The molecule has 0 aromatic heterocycles. The van der Waals surface area contributed by atoms with Gasteiger partial charge in [-0.15, -0.1) is 0 Å². The van der Waals surface area contributed by atoms with Gasteiger partial charge in [-0.05, 0) is 42.7 Å². The van der Waals surface area contributed by atoms with Crippen molar-refractivity contribution in [1.29, 1.82) is 0 Å². The number of aliphatic carboxylic acids is 1. The molecule has 0 bridgehead atoms. The van der Waals surface area contributed by atoms with E-state index in [4.69, 9.17) is 9.84 Å². The Morgan fingerprint density at radius 3 is 2.71 bits per heavy atom. The van der Waals surface area contributed by atoms with E-state index in [9.17, 15) is 14.4 Å². The van der Waals surface area contributed by atoms with Gasteiger partial charge >= 0.3 is 5.97 Å². The van der Waals surface area contributed by atoms with E-state index in [1.165, 1.54) is 0 Å². The molecule has 2 aromatic carbocycles. The Kier molecular flexibility index (Phi) is 6.26. The van der Waals surface area contributed by atoms with Crippen LogP contribution >= 0.6 is 0 Å². The predicted molar refractivity (Wildman–Crippen MR) is 105 cm³/mol. The Morgan fingerprint density at radius 1 is 1.14 bits per heavy atom. The largest absolute Gasteiger partial charge is 0.484 e. The van der Waals surface area contributed by atoms with Crippen LogP contribution in [0.15, 0.2) is 48.5 Å². The van der Waals surface area contributed by atoms with Gasteiger partial charge in [-0.25, -0.2) is 0 Å². The molecule has 146 valence electrons. The highest BCUT2D eigenvalue weighted by Gasteiger charge is 2.21. The topological polar surface area (TPSA) is 95.9 Å². The Bertz CT molecular complexity index is 881. The first-order valence-corrected chi connectivity index (χ1v) is 9.15. The molecule has 0 aliphatic carbocycles. The monoisotopic (exact) mass is 382 g/mol. The molecule has 0 atom stereocenters. The number of ether oxygens (including phenoxy) is 1. The van der Waals surface area contributed by atoms with Gasteiger partial charge in [0.05, 0.1) is 0 Å². The standard InChI is InChI=1S/C21H22N2O5/c24-19(22-16-5-1-4-15(12-16)9-10-21(26)27)14-28-18-7-2-6-17(13-18)23-11-3-8-20(23)25/h1-2,4-7,12-13H,3,8-11,14H2,(H,22,24)(H,26,27). The van der Waals surface area contributed by atoms with Gasteiger partial charge < -0.3 is 20.1 Å². The third kappa shape index (κ3) is 5.33. The molecule has 2 amide bonds. The van der Waals surface area contributed by atoms with Crippen LogP contribution in [-0.2, 0) is 20.8 Å². The molecule has 1 heterocycles. The van der Waals surface area contributed by atoms with Crippen LogP contribution in [0.3, 0.4) is 0 Å². The average molecular weight is 382 g/mol. The molecule has 28 heavy (non-hydrogen) atoms. The van der Waals surface area contributed by atoms with Crippen molar-refractivity contribution in [3.05, 3.63) is 54.1 Å². The zero-order chi connectivity index (χ0) is 19.9. The number of carbonyl (C=O) groups excluding carboxylic acids is 2. The summed E-state index contributed by atoms with van der Waals surface area (Å²) in [6, 6.07) is 14.2. The molecular formula is C21H22N2O5. The minimum atomic E-state index is -0.860. The molecule has 1 saturated heterocycles. The van der Waals surface area contributed by atoms with E-state index in [-0.39, 0.29) is 24.8 Å². The Balaban J connectivity index is 1.54. The molecule has 0 spiro atoms. The first kappa shape index (κ1) is 19.4. The van der Waals surface area contributed by atoms with Crippen molar-refractivity contribution in [2.75, 3.05) is 23.4 Å². The van der Waals surface area contributed by atoms with Crippen LogP contribution in [0, 0.1) is 0 Å². The molecule has 1 fully saturated rings. The Morgan fingerprint density at radius 2 is 1.96 bits per heavy atom. The lowest BCUT2D eigenvalue weighted by Gasteiger charge is -2.16. The smallest absolute Gasteiger partial charge is 0.303 e. The van der Waals surface area contributed by atoms with E-state index in [2.05, 4.69) is 5.32 Å². The van der Waals surface area contributed by atoms with Crippen LogP contribution in [0.1, 0.15) is 24.8 Å². The number of carboxylic acids is 1.